The average molecular weight is 277 g/mol. The molecule has 1 aliphatic carbocycles. The summed E-state index contributed by atoms with van der Waals surface area (Å²) in [4.78, 5) is 0. The van der Waals surface area contributed by atoms with Crippen LogP contribution in [-0.2, 0) is 4.74 Å². The van der Waals surface area contributed by atoms with E-state index < -0.39 is 0 Å². The fourth-order valence-corrected chi connectivity index (χ4v) is 2.95. The summed E-state index contributed by atoms with van der Waals surface area (Å²) in [6, 6.07) is 6.15. The normalized spacial score (nSPS) is 23.8. The van der Waals surface area contributed by atoms with Crippen LogP contribution in [0.5, 0.6) is 11.5 Å². The van der Waals surface area contributed by atoms with Crippen LogP contribution in [-0.4, -0.2) is 32.9 Å². The van der Waals surface area contributed by atoms with Gasteiger partial charge in [0, 0.05) is 13.1 Å². The Kier molecular flexibility index (Phi) is 4.43. The van der Waals surface area contributed by atoms with Gasteiger partial charge in [0.05, 0.1) is 25.9 Å². The van der Waals surface area contributed by atoms with E-state index in [9.17, 15) is 0 Å². The molecule has 1 saturated carbocycles. The Bertz CT molecular complexity index is 437. The molecule has 1 aliphatic heterocycles. The van der Waals surface area contributed by atoms with Crippen LogP contribution in [0.1, 0.15) is 37.4 Å². The molecule has 1 aromatic carbocycles. The molecule has 1 atom stereocenters. The monoisotopic (exact) mass is 277 g/mol. The quantitative estimate of drug-likeness (QED) is 0.918. The third-order valence-electron chi connectivity index (χ3n) is 4.08. The number of benzene rings is 1. The maximum atomic E-state index is 6.06. The number of rotatable bonds is 4. The molecular weight excluding hydrogens is 254 g/mol. The molecule has 0 spiro atoms. The van der Waals surface area contributed by atoms with Crippen molar-refractivity contribution in [1.82, 2.24) is 5.32 Å². The van der Waals surface area contributed by atoms with Crippen molar-refractivity contribution in [3.8, 4) is 11.5 Å². The SMILES string of the molecule is COc1cc(C2CNCCO2)ccc1OC1CCCC1. The molecule has 0 radical (unpaired) electrons. The van der Waals surface area contributed by atoms with E-state index in [1.165, 1.54) is 12.8 Å². The molecular formula is C16H23NO3. The minimum Gasteiger partial charge on any atom is -0.493 e. The van der Waals surface area contributed by atoms with Crippen molar-refractivity contribution in [2.75, 3.05) is 26.8 Å². The van der Waals surface area contributed by atoms with Gasteiger partial charge in [-0.25, -0.2) is 0 Å². The zero-order valence-electron chi connectivity index (χ0n) is 12.1. The van der Waals surface area contributed by atoms with Gasteiger partial charge >= 0.3 is 0 Å². The topological polar surface area (TPSA) is 39.7 Å². The first-order valence-electron chi connectivity index (χ1n) is 7.54. The molecule has 0 aromatic heterocycles. The highest BCUT2D eigenvalue weighted by molar-refractivity contribution is 5.44. The van der Waals surface area contributed by atoms with Crippen LogP contribution in [0.25, 0.3) is 0 Å². The summed E-state index contributed by atoms with van der Waals surface area (Å²) in [5.41, 5.74) is 1.15. The molecule has 20 heavy (non-hydrogen) atoms. The summed E-state index contributed by atoms with van der Waals surface area (Å²) < 4.78 is 17.3. The lowest BCUT2D eigenvalue weighted by molar-refractivity contribution is 0.0275. The zero-order valence-corrected chi connectivity index (χ0v) is 12.1. The van der Waals surface area contributed by atoms with Gasteiger partial charge in [0.2, 0.25) is 0 Å². The van der Waals surface area contributed by atoms with E-state index in [-0.39, 0.29) is 6.10 Å². The van der Waals surface area contributed by atoms with Gasteiger partial charge < -0.3 is 19.5 Å². The van der Waals surface area contributed by atoms with Crippen LogP contribution in [0.3, 0.4) is 0 Å². The van der Waals surface area contributed by atoms with E-state index in [1.54, 1.807) is 7.11 Å². The first-order valence-corrected chi connectivity index (χ1v) is 7.54. The highest BCUT2D eigenvalue weighted by Gasteiger charge is 2.21. The van der Waals surface area contributed by atoms with E-state index in [1.807, 2.05) is 12.1 Å². The molecule has 4 nitrogen and oxygen atoms in total. The van der Waals surface area contributed by atoms with Crippen molar-refractivity contribution in [2.45, 2.75) is 37.9 Å². The van der Waals surface area contributed by atoms with Crippen molar-refractivity contribution < 1.29 is 14.2 Å². The van der Waals surface area contributed by atoms with Gasteiger partial charge in [-0.05, 0) is 43.4 Å². The van der Waals surface area contributed by atoms with E-state index in [4.69, 9.17) is 14.2 Å². The highest BCUT2D eigenvalue weighted by Crippen LogP contribution is 2.34. The maximum absolute atomic E-state index is 6.06. The average Bonchev–Trinajstić information content (AvgIpc) is 3.01. The summed E-state index contributed by atoms with van der Waals surface area (Å²) in [6.07, 6.45) is 5.31. The second kappa shape index (κ2) is 6.46. The van der Waals surface area contributed by atoms with Crippen LogP contribution < -0.4 is 14.8 Å². The van der Waals surface area contributed by atoms with Crippen molar-refractivity contribution in [3.63, 3.8) is 0 Å². The van der Waals surface area contributed by atoms with Crippen LogP contribution in [0.4, 0.5) is 0 Å². The molecule has 110 valence electrons. The first kappa shape index (κ1) is 13.7. The number of nitrogens with one attached hydrogen (secondary N) is 1. The zero-order chi connectivity index (χ0) is 13.8. The number of hydrogen-bond acceptors (Lipinski definition) is 4. The molecule has 1 N–H and O–H groups in total. The molecule has 0 amide bonds. The molecule has 0 bridgehead atoms. The van der Waals surface area contributed by atoms with Gasteiger partial charge in [0.1, 0.15) is 0 Å². The smallest absolute Gasteiger partial charge is 0.161 e. The van der Waals surface area contributed by atoms with E-state index in [0.29, 0.717) is 6.10 Å². The van der Waals surface area contributed by atoms with Gasteiger partial charge in [-0.1, -0.05) is 6.07 Å². The largest absolute Gasteiger partial charge is 0.493 e. The van der Waals surface area contributed by atoms with Gasteiger partial charge in [-0.2, -0.15) is 0 Å². The number of hydrogen-bond donors (Lipinski definition) is 1. The van der Waals surface area contributed by atoms with E-state index in [0.717, 1.165) is 49.6 Å². The summed E-state index contributed by atoms with van der Waals surface area (Å²) in [5, 5.41) is 3.35. The summed E-state index contributed by atoms with van der Waals surface area (Å²) in [7, 11) is 1.70. The highest BCUT2D eigenvalue weighted by atomic mass is 16.5. The molecule has 1 saturated heterocycles. The second-order valence-corrected chi connectivity index (χ2v) is 5.50. The second-order valence-electron chi connectivity index (χ2n) is 5.50. The number of morpholine rings is 1. The Morgan fingerprint density at radius 2 is 2.05 bits per heavy atom. The molecule has 1 heterocycles. The molecule has 2 aliphatic rings. The van der Waals surface area contributed by atoms with Crippen molar-refractivity contribution >= 4 is 0 Å². The standard InChI is InChI=1S/C16H23NO3/c1-18-15-10-12(16-11-17-8-9-19-16)6-7-14(15)20-13-4-2-3-5-13/h6-7,10,13,16-17H,2-5,8-9,11H2,1H3. The lowest BCUT2D eigenvalue weighted by Gasteiger charge is -2.25. The fraction of sp³-hybridized carbons (Fsp3) is 0.625. The predicted molar refractivity (Wildman–Crippen MR) is 77.4 cm³/mol. The predicted octanol–water partition coefficient (Wildman–Crippen LogP) is 2.68. The fourth-order valence-electron chi connectivity index (χ4n) is 2.95. The summed E-state index contributed by atoms with van der Waals surface area (Å²) in [5.74, 6) is 1.66. The van der Waals surface area contributed by atoms with Crippen LogP contribution in [0.2, 0.25) is 0 Å². The van der Waals surface area contributed by atoms with Crippen molar-refractivity contribution in [3.05, 3.63) is 23.8 Å². The molecule has 2 fully saturated rings. The van der Waals surface area contributed by atoms with E-state index >= 15 is 0 Å². The van der Waals surface area contributed by atoms with Crippen molar-refractivity contribution in [1.29, 1.82) is 0 Å². The first-order chi connectivity index (χ1) is 9.86. The summed E-state index contributed by atoms with van der Waals surface area (Å²) in [6.45, 7) is 2.54. The van der Waals surface area contributed by atoms with Gasteiger partial charge in [-0.3, -0.25) is 0 Å². The molecule has 1 aromatic rings. The molecule has 1 unspecified atom stereocenters. The summed E-state index contributed by atoms with van der Waals surface area (Å²) >= 11 is 0. The third-order valence-corrected chi connectivity index (χ3v) is 4.08. The van der Waals surface area contributed by atoms with Crippen LogP contribution in [0, 0.1) is 0 Å². The Labute approximate surface area is 120 Å². The minimum absolute atomic E-state index is 0.109. The Morgan fingerprint density at radius 3 is 2.75 bits per heavy atom. The molecule has 4 heteroatoms. The van der Waals surface area contributed by atoms with Crippen LogP contribution in [0.15, 0.2) is 18.2 Å². The van der Waals surface area contributed by atoms with Gasteiger partial charge in [0.15, 0.2) is 11.5 Å². The third kappa shape index (κ3) is 3.07. The van der Waals surface area contributed by atoms with Crippen molar-refractivity contribution in [2.24, 2.45) is 0 Å². The van der Waals surface area contributed by atoms with E-state index in [2.05, 4.69) is 11.4 Å². The maximum Gasteiger partial charge on any atom is 0.161 e. The lowest BCUT2D eigenvalue weighted by atomic mass is 10.1. The molecule has 3 rings (SSSR count). The Morgan fingerprint density at radius 1 is 1.20 bits per heavy atom. The number of methoxy groups -OCH3 is 1. The minimum atomic E-state index is 0.109. The number of ether oxygens (including phenoxy) is 3. The Balaban J connectivity index is 1.74. The van der Waals surface area contributed by atoms with Crippen LogP contribution >= 0.6 is 0 Å². The Hall–Kier alpha value is -1.26. The lowest BCUT2D eigenvalue weighted by Crippen LogP contribution is -2.33. The van der Waals surface area contributed by atoms with Gasteiger partial charge in [-0.15, -0.1) is 0 Å². The van der Waals surface area contributed by atoms with Gasteiger partial charge in [0.25, 0.3) is 0 Å².